The standard InChI is InChI=1S/C7H8FIN2/c8-5-1-7(2-5)11-4-6(9)3-10-11/h3-5,7H,1-2H2. The maximum Gasteiger partial charge on any atom is 0.104 e. The van der Waals surface area contributed by atoms with E-state index in [1.54, 1.807) is 6.20 Å². The number of hydrogen-bond acceptors (Lipinski definition) is 1. The summed E-state index contributed by atoms with van der Waals surface area (Å²) in [5.41, 5.74) is 0. The van der Waals surface area contributed by atoms with Crippen molar-refractivity contribution in [3.8, 4) is 0 Å². The molecule has 0 aliphatic heterocycles. The van der Waals surface area contributed by atoms with Crippen molar-refractivity contribution in [2.75, 3.05) is 0 Å². The van der Waals surface area contributed by atoms with Crippen LogP contribution in [0.1, 0.15) is 18.9 Å². The van der Waals surface area contributed by atoms with Crippen molar-refractivity contribution >= 4 is 22.6 Å². The molecule has 1 aromatic rings. The fraction of sp³-hybridized carbons (Fsp3) is 0.571. The molecule has 0 saturated heterocycles. The zero-order valence-electron chi connectivity index (χ0n) is 5.87. The number of halogens is 2. The average Bonchev–Trinajstić information content (AvgIpc) is 2.29. The maximum atomic E-state index is 12.4. The van der Waals surface area contributed by atoms with Crippen molar-refractivity contribution in [1.29, 1.82) is 0 Å². The second kappa shape index (κ2) is 2.73. The van der Waals surface area contributed by atoms with Crippen LogP contribution >= 0.6 is 22.6 Å². The van der Waals surface area contributed by atoms with Gasteiger partial charge in [0.25, 0.3) is 0 Å². The summed E-state index contributed by atoms with van der Waals surface area (Å²) in [5, 5.41) is 4.11. The number of alkyl halides is 1. The minimum atomic E-state index is -0.595. The van der Waals surface area contributed by atoms with E-state index >= 15 is 0 Å². The van der Waals surface area contributed by atoms with Gasteiger partial charge in [-0.05, 0) is 22.6 Å². The fourth-order valence-electron chi connectivity index (χ4n) is 1.25. The van der Waals surface area contributed by atoms with Gasteiger partial charge in [-0.2, -0.15) is 5.10 Å². The summed E-state index contributed by atoms with van der Waals surface area (Å²) in [6.07, 6.45) is 4.43. The van der Waals surface area contributed by atoms with E-state index in [4.69, 9.17) is 0 Å². The lowest BCUT2D eigenvalue weighted by molar-refractivity contribution is 0.128. The monoisotopic (exact) mass is 266 g/mol. The van der Waals surface area contributed by atoms with Crippen molar-refractivity contribution in [2.24, 2.45) is 0 Å². The molecule has 1 fully saturated rings. The summed E-state index contributed by atoms with van der Waals surface area (Å²) in [4.78, 5) is 0. The summed E-state index contributed by atoms with van der Waals surface area (Å²) in [6.45, 7) is 0. The fourth-order valence-corrected chi connectivity index (χ4v) is 1.66. The van der Waals surface area contributed by atoms with Crippen LogP contribution in [0.15, 0.2) is 12.4 Å². The molecular formula is C7H8FIN2. The van der Waals surface area contributed by atoms with Gasteiger partial charge in [-0.15, -0.1) is 0 Å². The van der Waals surface area contributed by atoms with Gasteiger partial charge in [0, 0.05) is 19.0 Å². The second-order valence-corrected chi connectivity index (χ2v) is 4.11. The Bertz CT molecular complexity index is 255. The molecule has 2 nitrogen and oxygen atoms in total. The van der Waals surface area contributed by atoms with E-state index in [1.165, 1.54) is 0 Å². The van der Waals surface area contributed by atoms with E-state index < -0.39 is 6.17 Å². The Hall–Kier alpha value is -0.130. The number of hydrogen-bond donors (Lipinski definition) is 0. The first-order chi connectivity index (χ1) is 5.25. The van der Waals surface area contributed by atoms with Crippen molar-refractivity contribution in [1.82, 2.24) is 9.78 Å². The topological polar surface area (TPSA) is 17.8 Å². The minimum absolute atomic E-state index is 0.313. The van der Waals surface area contributed by atoms with Gasteiger partial charge in [-0.1, -0.05) is 0 Å². The lowest BCUT2D eigenvalue weighted by Crippen LogP contribution is -2.28. The molecule has 1 aliphatic rings. The van der Waals surface area contributed by atoms with E-state index in [1.807, 2.05) is 10.9 Å². The summed E-state index contributed by atoms with van der Waals surface area (Å²) in [7, 11) is 0. The van der Waals surface area contributed by atoms with Gasteiger partial charge >= 0.3 is 0 Å². The van der Waals surface area contributed by atoms with Gasteiger partial charge in [-0.25, -0.2) is 4.39 Å². The van der Waals surface area contributed by atoms with Crippen LogP contribution < -0.4 is 0 Å². The summed E-state index contributed by atoms with van der Waals surface area (Å²) in [5.74, 6) is 0. The van der Waals surface area contributed by atoms with E-state index in [0.717, 1.165) is 3.57 Å². The SMILES string of the molecule is FC1CC(n2cc(I)cn2)C1. The van der Waals surface area contributed by atoms with Crippen LogP contribution in [0.5, 0.6) is 0 Å². The first-order valence-electron chi connectivity index (χ1n) is 3.59. The van der Waals surface area contributed by atoms with Gasteiger partial charge in [0.1, 0.15) is 6.17 Å². The largest absolute Gasteiger partial charge is 0.268 e. The molecule has 0 bridgehead atoms. The molecule has 0 radical (unpaired) electrons. The van der Waals surface area contributed by atoms with Crippen molar-refractivity contribution in [2.45, 2.75) is 25.1 Å². The molecule has 0 aromatic carbocycles. The lowest BCUT2D eigenvalue weighted by atomic mass is 9.91. The predicted octanol–water partition coefficient (Wildman–Crippen LogP) is 2.16. The highest BCUT2D eigenvalue weighted by Gasteiger charge is 2.30. The van der Waals surface area contributed by atoms with Crippen LogP contribution in [0.2, 0.25) is 0 Å². The maximum absolute atomic E-state index is 12.4. The Morgan fingerprint density at radius 1 is 1.64 bits per heavy atom. The Morgan fingerprint density at radius 2 is 2.36 bits per heavy atom. The van der Waals surface area contributed by atoms with Crippen LogP contribution in [0, 0.1) is 3.57 Å². The van der Waals surface area contributed by atoms with Crippen LogP contribution in [-0.4, -0.2) is 16.0 Å². The molecule has 4 heteroatoms. The van der Waals surface area contributed by atoms with Gasteiger partial charge in [0.05, 0.1) is 15.8 Å². The molecule has 0 atom stereocenters. The minimum Gasteiger partial charge on any atom is -0.268 e. The summed E-state index contributed by atoms with van der Waals surface area (Å²) >= 11 is 2.20. The molecule has 0 amide bonds. The van der Waals surface area contributed by atoms with E-state index in [2.05, 4.69) is 27.7 Å². The molecule has 2 rings (SSSR count). The third kappa shape index (κ3) is 1.40. The molecule has 1 saturated carbocycles. The number of rotatable bonds is 1. The van der Waals surface area contributed by atoms with E-state index in [0.29, 0.717) is 18.9 Å². The van der Waals surface area contributed by atoms with Crippen LogP contribution in [0.4, 0.5) is 4.39 Å². The highest BCUT2D eigenvalue weighted by atomic mass is 127. The molecule has 1 aliphatic carbocycles. The Balaban J connectivity index is 2.07. The van der Waals surface area contributed by atoms with Crippen molar-refractivity contribution < 1.29 is 4.39 Å². The molecule has 0 spiro atoms. The average molecular weight is 266 g/mol. The van der Waals surface area contributed by atoms with Gasteiger partial charge in [0.15, 0.2) is 0 Å². The Kier molecular flexibility index (Phi) is 1.86. The molecule has 0 N–H and O–H groups in total. The number of nitrogens with zero attached hydrogens (tertiary/aromatic N) is 2. The smallest absolute Gasteiger partial charge is 0.104 e. The molecular weight excluding hydrogens is 258 g/mol. The molecule has 60 valence electrons. The van der Waals surface area contributed by atoms with E-state index in [9.17, 15) is 4.39 Å². The molecule has 0 unspecified atom stereocenters. The van der Waals surface area contributed by atoms with Gasteiger partial charge in [0.2, 0.25) is 0 Å². The lowest BCUT2D eigenvalue weighted by Gasteiger charge is -2.29. The van der Waals surface area contributed by atoms with E-state index in [-0.39, 0.29) is 0 Å². The van der Waals surface area contributed by atoms with Crippen molar-refractivity contribution in [3.05, 3.63) is 16.0 Å². The zero-order valence-corrected chi connectivity index (χ0v) is 8.03. The summed E-state index contributed by atoms with van der Waals surface area (Å²) < 4.78 is 15.4. The van der Waals surface area contributed by atoms with Crippen LogP contribution in [0.3, 0.4) is 0 Å². The highest BCUT2D eigenvalue weighted by molar-refractivity contribution is 14.1. The number of aromatic nitrogens is 2. The van der Waals surface area contributed by atoms with Crippen LogP contribution in [0.25, 0.3) is 0 Å². The predicted molar refractivity (Wildman–Crippen MR) is 48.1 cm³/mol. The zero-order chi connectivity index (χ0) is 7.84. The Morgan fingerprint density at radius 3 is 2.82 bits per heavy atom. The summed E-state index contributed by atoms with van der Waals surface area (Å²) in [6, 6.07) is 0.313. The first kappa shape index (κ1) is 7.52. The molecule has 1 aromatic heterocycles. The third-order valence-corrected chi connectivity index (χ3v) is 2.56. The normalized spacial score (nSPS) is 30.0. The quantitative estimate of drug-likeness (QED) is 0.712. The van der Waals surface area contributed by atoms with Gasteiger partial charge < -0.3 is 0 Å². The first-order valence-corrected chi connectivity index (χ1v) is 4.67. The second-order valence-electron chi connectivity index (χ2n) is 2.86. The van der Waals surface area contributed by atoms with Crippen LogP contribution in [-0.2, 0) is 0 Å². The molecule has 11 heavy (non-hydrogen) atoms. The van der Waals surface area contributed by atoms with Crippen molar-refractivity contribution in [3.63, 3.8) is 0 Å². The highest BCUT2D eigenvalue weighted by Crippen LogP contribution is 2.33. The molecule has 1 heterocycles. The Labute approximate surface area is 77.9 Å². The van der Waals surface area contributed by atoms with Gasteiger partial charge in [-0.3, -0.25) is 4.68 Å². The third-order valence-electron chi connectivity index (χ3n) is 2.00.